The molecule has 0 aliphatic carbocycles. The molecule has 0 fully saturated rings. The summed E-state index contributed by atoms with van der Waals surface area (Å²) in [6, 6.07) is 11.8. The van der Waals surface area contributed by atoms with Gasteiger partial charge in [-0.25, -0.2) is 0 Å². The van der Waals surface area contributed by atoms with Crippen molar-refractivity contribution in [1.82, 2.24) is 0 Å². The van der Waals surface area contributed by atoms with Crippen LogP contribution in [0.15, 0.2) is 48.5 Å². The number of benzene rings is 2. The Kier molecular flexibility index (Phi) is 4.43. The fraction of sp³-hybridized carbons (Fsp3) is 0.143. The van der Waals surface area contributed by atoms with Crippen LogP contribution in [-0.2, 0) is 18.3 Å². The van der Waals surface area contributed by atoms with Crippen molar-refractivity contribution in [2.45, 2.75) is 13.8 Å². The minimum absolute atomic E-state index is 0.110. The van der Waals surface area contributed by atoms with Gasteiger partial charge in [-0.1, -0.05) is 35.4 Å². The van der Waals surface area contributed by atoms with Crippen LogP contribution in [0.1, 0.15) is 11.1 Å². The third kappa shape index (κ3) is 3.77. The lowest BCUT2D eigenvalue weighted by Gasteiger charge is -2.09. The normalized spacial score (nSPS) is 11.9. The maximum Gasteiger partial charge on any atom is 0.454 e. The molecule has 0 aliphatic rings. The Morgan fingerprint density at radius 3 is 1.14 bits per heavy atom. The average molecular weight is 342 g/mol. The van der Waals surface area contributed by atoms with E-state index in [0.29, 0.717) is 0 Å². The molecule has 8 heteroatoms. The van der Waals surface area contributed by atoms with Gasteiger partial charge in [0.2, 0.25) is 0 Å². The van der Waals surface area contributed by atoms with E-state index >= 15 is 0 Å². The smallest absolute Gasteiger partial charge is 0.369 e. The predicted molar refractivity (Wildman–Crippen MR) is 81.5 cm³/mol. The van der Waals surface area contributed by atoms with Crippen molar-refractivity contribution in [3.05, 3.63) is 59.7 Å². The van der Waals surface area contributed by atoms with Crippen molar-refractivity contribution in [2.24, 2.45) is 0 Å². The molecule has 22 heavy (non-hydrogen) atoms. The fourth-order valence-corrected chi connectivity index (χ4v) is 3.34. The Bertz CT molecular complexity index is 775. The maximum absolute atomic E-state index is 11.8. The van der Waals surface area contributed by atoms with Crippen LogP contribution < -0.4 is 8.37 Å². The minimum atomic E-state index is -4.98. The van der Waals surface area contributed by atoms with E-state index in [-0.39, 0.29) is 11.5 Å². The van der Waals surface area contributed by atoms with Crippen molar-refractivity contribution >= 4 is 18.3 Å². The monoisotopic (exact) mass is 342 g/mol. The predicted octanol–water partition coefficient (Wildman–Crippen LogP) is 2.34. The zero-order valence-corrected chi connectivity index (χ0v) is 13.5. The van der Waals surface area contributed by atoms with Crippen LogP contribution in [0.2, 0.25) is 0 Å². The van der Waals surface area contributed by atoms with E-state index in [4.69, 9.17) is 0 Å². The molecule has 0 bridgehead atoms. The molecule has 118 valence electrons. The summed E-state index contributed by atoms with van der Waals surface area (Å²) in [7, 11) is -9.97. The highest BCUT2D eigenvalue weighted by molar-refractivity contribution is 8.63. The van der Waals surface area contributed by atoms with Crippen molar-refractivity contribution < 1.29 is 25.2 Å². The Morgan fingerprint density at radius 1 is 0.591 bits per heavy atom. The second-order valence-electron chi connectivity index (χ2n) is 4.61. The molecule has 2 aromatic carbocycles. The molecular weight excluding hydrogens is 328 g/mol. The second kappa shape index (κ2) is 5.98. The summed E-state index contributed by atoms with van der Waals surface area (Å²) in [6.45, 7) is 3.60. The lowest BCUT2D eigenvalue weighted by atomic mass is 10.2. The second-order valence-corrected chi connectivity index (χ2v) is 9.03. The van der Waals surface area contributed by atoms with Gasteiger partial charge < -0.3 is 8.37 Å². The summed E-state index contributed by atoms with van der Waals surface area (Å²) in [4.78, 5) is 0. The van der Waals surface area contributed by atoms with Gasteiger partial charge in [-0.3, -0.25) is 0 Å². The van der Waals surface area contributed by atoms with E-state index in [1.165, 1.54) is 24.3 Å². The molecule has 0 aliphatic heterocycles. The van der Waals surface area contributed by atoms with E-state index in [1.54, 1.807) is 38.1 Å². The quantitative estimate of drug-likeness (QED) is 0.775. The molecule has 0 amide bonds. The van der Waals surface area contributed by atoms with E-state index in [0.717, 1.165) is 11.1 Å². The molecule has 0 aromatic heterocycles. The van der Waals surface area contributed by atoms with Crippen molar-refractivity contribution in [3.8, 4) is 11.5 Å². The Labute approximate surface area is 129 Å². The van der Waals surface area contributed by atoms with Gasteiger partial charge in [-0.05, 0) is 38.1 Å². The van der Waals surface area contributed by atoms with Crippen molar-refractivity contribution in [3.63, 3.8) is 0 Å². The van der Waals surface area contributed by atoms with Gasteiger partial charge in [0.15, 0.2) is 0 Å². The lowest BCUT2D eigenvalue weighted by Crippen LogP contribution is -2.25. The molecule has 0 heterocycles. The van der Waals surface area contributed by atoms with Gasteiger partial charge in [0.05, 0.1) is 0 Å². The van der Waals surface area contributed by atoms with E-state index in [2.05, 4.69) is 8.37 Å². The van der Waals surface area contributed by atoms with Crippen LogP contribution in [0.3, 0.4) is 0 Å². The standard InChI is InChI=1S/C14H14O6S2/c1-11-3-7-13(8-4-11)19-21(15,16)22(17,18)20-14-9-5-12(2)6-10-14/h3-10H,1-2H3. The number of hydrogen-bond donors (Lipinski definition) is 0. The summed E-state index contributed by atoms with van der Waals surface area (Å²) in [5, 5.41) is 0. The first-order valence-corrected chi connectivity index (χ1v) is 9.55. The third-order valence-electron chi connectivity index (χ3n) is 2.69. The van der Waals surface area contributed by atoms with Gasteiger partial charge in [-0.2, -0.15) is 16.8 Å². The van der Waals surface area contributed by atoms with Crippen molar-refractivity contribution in [2.75, 3.05) is 0 Å². The Hall–Kier alpha value is -2.06. The number of hydrogen-bond acceptors (Lipinski definition) is 6. The highest BCUT2D eigenvalue weighted by Gasteiger charge is 2.35. The molecule has 0 saturated carbocycles. The molecular formula is C14H14O6S2. The van der Waals surface area contributed by atoms with Crippen LogP contribution in [0, 0.1) is 13.8 Å². The molecule has 0 spiro atoms. The topological polar surface area (TPSA) is 86.7 Å². The SMILES string of the molecule is Cc1ccc(OS(=O)(=O)S(=O)(=O)Oc2ccc(C)cc2)cc1. The summed E-state index contributed by atoms with van der Waals surface area (Å²) < 4.78 is 56.5. The van der Waals surface area contributed by atoms with Gasteiger partial charge in [-0.15, -0.1) is 0 Å². The van der Waals surface area contributed by atoms with E-state index in [9.17, 15) is 16.8 Å². The first-order chi connectivity index (χ1) is 10.2. The van der Waals surface area contributed by atoms with Crippen LogP contribution in [-0.4, -0.2) is 16.8 Å². The van der Waals surface area contributed by atoms with Gasteiger partial charge in [0.1, 0.15) is 11.5 Å². The Balaban J connectivity index is 2.23. The van der Waals surface area contributed by atoms with Gasteiger partial charge in [0.25, 0.3) is 0 Å². The zero-order chi connectivity index (χ0) is 16.4. The molecule has 0 saturated heterocycles. The molecule has 0 unspecified atom stereocenters. The highest BCUT2D eigenvalue weighted by Crippen LogP contribution is 2.20. The van der Waals surface area contributed by atoms with E-state index in [1.807, 2.05) is 0 Å². The summed E-state index contributed by atoms with van der Waals surface area (Å²) in [6.07, 6.45) is 0. The molecule has 0 atom stereocenters. The van der Waals surface area contributed by atoms with E-state index < -0.39 is 18.3 Å². The molecule has 2 rings (SSSR count). The molecule has 0 radical (unpaired) electrons. The lowest BCUT2D eigenvalue weighted by molar-refractivity contribution is 0.465. The number of aryl methyl sites for hydroxylation is 2. The van der Waals surface area contributed by atoms with Gasteiger partial charge >= 0.3 is 18.3 Å². The highest BCUT2D eigenvalue weighted by atomic mass is 33.2. The fourth-order valence-electron chi connectivity index (χ4n) is 1.51. The summed E-state index contributed by atoms with van der Waals surface area (Å²) >= 11 is 0. The molecule has 6 nitrogen and oxygen atoms in total. The Morgan fingerprint density at radius 2 is 0.864 bits per heavy atom. The first kappa shape index (κ1) is 16.3. The number of rotatable bonds is 5. The van der Waals surface area contributed by atoms with Crippen LogP contribution in [0.5, 0.6) is 11.5 Å². The van der Waals surface area contributed by atoms with Crippen LogP contribution in [0.4, 0.5) is 0 Å². The molecule has 0 N–H and O–H groups in total. The zero-order valence-electron chi connectivity index (χ0n) is 11.9. The largest absolute Gasteiger partial charge is 0.454 e. The maximum atomic E-state index is 11.8. The summed E-state index contributed by atoms with van der Waals surface area (Å²) in [5.41, 5.74) is 1.76. The van der Waals surface area contributed by atoms with Gasteiger partial charge in [0, 0.05) is 0 Å². The van der Waals surface area contributed by atoms with Crippen LogP contribution in [0.25, 0.3) is 0 Å². The van der Waals surface area contributed by atoms with Crippen LogP contribution >= 0.6 is 0 Å². The summed E-state index contributed by atoms with van der Waals surface area (Å²) in [5.74, 6) is -0.219. The average Bonchev–Trinajstić information content (AvgIpc) is 2.43. The first-order valence-electron chi connectivity index (χ1n) is 6.22. The minimum Gasteiger partial charge on any atom is -0.369 e. The van der Waals surface area contributed by atoms with Crippen molar-refractivity contribution in [1.29, 1.82) is 0 Å². The molecule has 2 aromatic rings. The third-order valence-corrected chi connectivity index (χ3v) is 5.89.